The molecule has 0 heterocycles. The first-order chi connectivity index (χ1) is 9.88. The minimum absolute atomic E-state index is 0.249. The molecular weight excluding hydrogens is 270 g/mol. The van der Waals surface area contributed by atoms with Crippen LogP contribution in [0.1, 0.15) is 12.5 Å². The van der Waals surface area contributed by atoms with Crippen molar-refractivity contribution in [2.75, 3.05) is 26.0 Å². The summed E-state index contributed by atoms with van der Waals surface area (Å²) in [6.45, 7) is 2.57. The standard InChI is InChI=1S/C15H21N3O3/c1-11(18(2)3)10-16-15(21)17-13-7-4-12(5-8-13)6-9-14(19)20/h4-9,11H,10H2,1-3H3,(H,19,20)(H2,16,17,21). The Balaban J connectivity index is 2.48. The fourth-order valence-electron chi connectivity index (χ4n) is 1.44. The van der Waals surface area contributed by atoms with Crippen LogP contribution in [0, 0.1) is 0 Å². The topological polar surface area (TPSA) is 81.7 Å². The van der Waals surface area contributed by atoms with E-state index in [1.807, 2.05) is 25.9 Å². The van der Waals surface area contributed by atoms with Gasteiger partial charge in [0.25, 0.3) is 0 Å². The molecule has 3 N–H and O–H groups in total. The van der Waals surface area contributed by atoms with Gasteiger partial charge in [0.2, 0.25) is 0 Å². The van der Waals surface area contributed by atoms with Crippen molar-refractivity contribution in [1.82, 2.24) is 10.2 Å². The molecule has 0 saturated heterocycles. The van der Waals surface area contributed by atoms with Gasteiger partial charge in [0.1, 0.15) is 0 Å². The Kier molecular flexibility index (Phi) is 6.42. The molecule has 0 aliphatic carbocycles. The van der Waals surface area contributed by atoms with Gasteiger partial charge in [-0.1, -0.05) is 12.1 Å². The molecule has 1 unspecified atom stereocenters. The van der Waals surface area contributed by atoms with Gasteiger partial charge in [-0.15, -0.1) is 0 Å². The molecule has 6 heteroatoms. The molecule has 1 rings (SSSR count). The Morgan fingerprint density at radius 2 is 1.90 bits per heavy atom. The number of carboxylic acids is 1. The maximum absolute atomic E-state index is 11.7. The summed E-state index contributed by atoms with van der Waals surface area (Å²) in [6, 6.07) is 6.89. The van der Waals surface area contributed by atoms with E-state index in [-0.39, 0.29) is 12.1 Å². The van der Waals surface area contributed by atoms with Crippen LogP contribution in [0.15, 0.2) is 30.3 Å². The van der Waals surface area contributed by atoms with Crippen LogP contribution in [0.5, 0.6) is 0 Å². The first-order valence-corrected chi connectivity index (χ1v) is 6.61. The van der Waals surface area contributed by atoms with E-state index in [1.165, 1.54) is 6.08 Å². The average Bonchev–Trinajstić information content (AvgIpc) is 2.43. The number of hydrogen-bond acceptors (Lipinski definition) is 3. The smallest absolute Gasteiger partial charge is 0.328 e. The second-order valence-corrected chi connectivity index (χ2v) is 4.94. The minimum atomic E-state index is -0.994. The number of nitrogens with zero attached hydrogens (tertiary/aromatic N) is 1. The molecule has 0 aliphatic rings. The van der Waals surface area contributed by atoms with Gasteiger partial charge in [0.05, 0.1) is 0 Å². The molecule has 114 valence electrons. The van der Waals surface area contributed by atoms with Gasteiger partial charge in [-0.25, -0.2) is 9.59 Å². The molecular formula is C15H21N3O3. The number of benzene rings is 1. The molecule has 1 aromatic rings. The number of carbonyl (C=O) groups is 2. The highest BCUT2D eigenvalue weighted by Gasteiger charge is 2.07. The molecule has 1 atom stereocenters. The van der Waals surface area contributed by atoms with Crippen molar-refractivity contribution in [1.29, 1.82) is 0 Å². The number of aliphatic carboxylic acids is 1. The number of urea groups is 1. The third kappa shape index (κ3) is 6.58. The van der Waals surface area contributed by atoms with E-state index in [1.54, 1.807) is 24.3 Å². The predicted molar refractivity (Wildman–Crippen MR) is 83.3 cm³/mol. The second kappa shape index (κ2) is 8.06. The highest BCUT2D eigenvalue weighted by molar-refractivity contribution is 5.89. The number of carboxylic acid groups (broad SMARTS) is 1. The van der Waals surface area contributed by atoms with Gasteiger partial charge in [-0.2, -0.15) is 0 Å². The predicted octanol–water partition coefficient (Wildman–Crippen LogP) is 1.86. The van der Waals surface area contributed by atoms with Crippen molar-refractivity contribution in [3.05, 3.63) is 35.9 Å². The van der Waals surface area contributed by atoms with Gasteiger partial charge in [0, 0.05) is 24.4 Å². The largest absolute Gasteiger partial charge is 0.478 e. The summed E-state index contributed by atoms with van der Waals surface area (Å²) >= 11 is 0. The molecule has 2 amide bonds. The summed E-state index contributed by atoms with van der Waals surface area (Å²) in [5.41, 5.74) is 1.40. The lowest BCUT2D eigenvalue weighted by Gasteiger charge is -2.20. The van der Waals surface area contributed by atoms with Crippen molar-refractivity contribution < 1.29 is 14.7 Å². The average molecular weight is 291 g/mol. The van der Waals surface area contributed by atoms with Crippen LogP contribution in [-0.4, -0.2) is 48.7 Å². The molecule has 0 fully saturated rings. The number of anilines is 1. The van der Waals surface area contributed by atoms with Gasteiger partial charge in [0.15, 0.2) is 0 Å². The summed E-state index contributed by atoms with van der Waals surface area (Å²) in [7, 11) is 3.90. The van der Waals surface area contributed by atoms with E-state index in [0.29, 0.717) is 12.2 Å². The number of rotatable bonds is 6. The monoisotopic (exact) mass is 291 g/mol. The molecule has 0 bridgehead atoms. The van der Waals surface area contributed by atoms with Crippen molar-refractivity contribution in [3.8, 4) is 0 Å². The van der Waals surface area contributed by atoms with Gasteiger partial charge >= 0.3 is 12.0 Å². The zero-order chi connectivity index (χ0) is 15.8. The third-order valence-electron chi connectivity index (χ3n) is 3.03. The lowest BCUT2D eigenvalue weighted by molar-refractivity contribution is -0.131. The van der Waals surface area contributed by atoms with Crippen LogP contribution < -0.4 is 10.6 Å². The Morgan fingerprint density at radius 1 is 1.29 bits per heavy atom. The fourth-order valence-corrected chi connectivity index (χ4v) is 1.44. The SMILES string of the molecule is CC(CNC(=O)Nc1ccc(C=CC(=O)O)cc1)N(C)C. The zero-order valence-corrected chi connectivity index (χ0v) is 12.5. The molecule has 0 saturated carbocycles. The summed E-state index contributed by atoms with van der Waals surface area (Å²) in [5, 5.41) is 14.0. The molecule has 1 aromatic carbocycles. The summed E-state index contributed by atoms with van der Waals surface area (Å²) in [6.07, 6.45) is 2.56. The minimum Gasteiger partial charge on any atom is -0.478 e. The van der Waals surface area contributed by atoms with E-state index in [4.69, 9.17) is 5.11 Å². The Bertz CT molecular complexity index is 509. The molecule has 0 aromatic heterocycles. The van der Waals surface area contributed by atoms with Gasteiger partial charge < -0.3 is 20.6 Å². The highest BCUT2D eigenvalue weighted by atomic mass is 16.4. The van der Waals surface area contributed by atoms with Crippen LogP contribution in [-0.2, 0) is 4.79 Å². The van der Waals surface area contributed by atoms with Crippen molar-refractivity contribution in [2.45, 2.75) is 13.0 Å². The first-order valence-electron chi connectivity index (χ1n) is 6.61. The van der Waals surface area contributed by atoms with E-state index >= 15 is 0 Å². The summed E-state index contributed by atoms with van der Waals surface area (Å²) < 4.78 is 0. The van der Waals surface area contributed by atoms with Crippen LogP contribution in [0.2, 0.25) is 0 Å². The van der Waals surface area contributed by atoms with E-state index in [0.717, 1.165) is 11.6 Å². The normalized spacial score (nSPS) is 12.4. The van der Waals surface area contributed by atoms with Crippen LogP contribution in [0.4, 0.5) is 10.5 Å². The number of nitrogens with one attached hydrogen (secondary N) is 2. The fraction of sp³-hybridized carbons (Fsp3) is 0.333. The van der Waals surface area contributed by atoms with Crippen LogP contribution in [0.3, 0.4) is 0 Å². The lowest BCUT2D eigenvalue weighted by atomic mass is 10.2. The van der Waals surface area contributed by atoms with Crippen LogP contribution >= 0.6 is 0 Å². The van der Waals surface area contributed by atoms with Gasteiger partial charge in [-0.3, -0.25) is 0 Å². The molecule has 0 spiro atoms. The highest BCUT2D eigenvalue weighted by Crippen LogP contribution is 2.10. The third-order valence-corrected chi connectivity index (χ3v) is 3.03. The second-order valence-electron chi connectivity index (χ2n) is 4.94. The molecule has 21 heavy (non-hydrogen) atoms. The maximum atomic E-state index is 11.7. The number of hydrogen-bond donors (Lipinski definition) is 3. The number of likely N-dealkylation sites (N-methyl/N-ethyl adjacent to an activating group) is 1. The molecule has 6 nitrogen and oxygen atoms in total. The van der Waals surface area contributed by atoms with E-state index in [2.05, 4.69) is 10.6 Å². The summed E-state index contributed by atoms with van der Waals surface area (Å²) in [5.74, 6) is -0.994. The van der Waals surface area contributed by atoms with Crippen molar-refractivity contribution in [3.63, 3.8) is 0 Å². The number of amides is 2. The van der Waals surface area contributed by atoms with Crippen LogP contribution in [0.25, 0.3) is 6.08 Å². The number of carbonyl (C=O) groups excluding carboxylic acids is 1. The quantitative estimate of drug-likeness (QED) is 0.699. The van der Waals surface area contributed by atoms with E-state index < -0.39 is 5.97 Å². The summed E-state index contributed by atoms with van der Waals surface area (Å²) in [4.78, 5) is 24.1. The van der Waals surface area contributed by atoms with Gasteiger partial charge in [-0.05, 0) is 44.8 Å². The Labute approximate surface area is 124 Å². The first kappa shape index (κ1) is 16.7. The van der Waals surface area contributed by atoms with Crippen molar-refractivity contribution in [2.24, 2.45) is 0 Å². The molecule has 0 radical (unpaired) electrons. The lowest BCUT2D eigenvalue weighted by Crippen LogP contribution is -2.40. The maximum Gasteiger partial charge on any atom is 0.328 e. The Hall–Kier alpha value is -2.34. The Morgan fingerprint density at radius 3 is 2.43 bits per heavy atom. The van der Waals surface area contributed by atoms with E-state index in [9.17, 15) is 9.59 Å². The molecule has 0 aliphatic heterocycles. The van der Waals surface area contributed by atoms with Crippen molar-refractivity contribution >= 4 is 23.8 Å². The zero-order valence-electron chi connectivity index (χ0n) is 12.5.